The van der Waals surface area contributed by atoms with E-state index in [4.69, 9.17) is 5.11 Å². The van der Waals surface area contributed by atoms with Crippen LogP contribution in [0.3, 0.4) is 0 Å². The maximum absolute atomic E-state index is 13.7. The molecule has 0 aliphatic carbocycles. The van der Waals surface area contributed by atoms with Crippen LogP contribution in [-0.2, 0) is 23.1 Å². The number of imidazole rings is 1. The summed E-state index contributed by atoms with van der Waals surface area (Å²) < 4.78 is 15.5. The lowest BCUT2D eigenvalue weighted by atomic mass is 10.2. The Labute approximate surface area is 133 Å². The molecule has 0 radical (unpaired) electrons. The molecule has 0 aliphatic heterocycles. The minimum atomic E-state index is -0.848. The predicted octanol–water partition coefficient (Wildman–Crippen LogP) is 2.02. The highest BCUT2D eigenvalue weighted by Gasteiger charge is 2.11. The number of para-hydroxylation sites is 1. The molecule has 0 saturated carbocycles. The first-order valence-electron chi connectivity index (χ1n) is 7.57. The third kappa shape index (κ3) is 4.51. The summed E-state index contributed by atoms with van der Waals surface area (Å²) in [6.45, 7) is 0.413. The molecule has 1 aromatic carbocycles. The zero-order valence-corrected chi connectivity index (χ0v) is 13.0. The van der Waals surface area contributed by atoms with Gasteiger partial charge in [0.2, 0.25) is 5.91 Å². The van der Waals surface area contributed by atoms with Crippen LogP contribution in [0.25, 0.3) is 11.0 Å². The first-order chi connectivity index (χ1) is 11.0. The topological polar surface area (TPSA) is 84.2 Å². The lowest BCUT2D eigenvalue weighted by Gasteiger charge is -2.05. The largest absolute Gasteiger partial charge is 0.481 e. The molecule has 1 amide bonds. The van der Waals surface area contributed by atoms with Crippen LogP contribution in [0, 0.1) is 5.82 Å². The molecule has 2 rings (SSSR count). The Balaban J connectivity index is 1.80. The number of fused-ring (bicyclic) bond motifs is 1. The van der Waals surface area contributed by atoms with E-state index in [-0.39, 0.29) is 18.1 Å². The second kappa shape index (κ2) is 7.71. The molecule has 6 nitrogen and oxygen atoms in total. The van der Waals surface area contributed by atoms with Gasteiger partial charge in [-0.25, -0.2) is 9.37 Å². The summed E-state index contributed by atoms with van der Waals surface area (Å²) in [4.78, 5) is 26.3. The van der Waals surface area contributed by atoms with Gasteiger partial charge in [-0.2, -0.15) is 0 Å². The Bertz CT molecular complexity index is 712. The van der Waals surface area contributed by atoms with Crippen molar-refractivity contribution < 1.29 is 19.1 Å². The number of hydrogen-bond donors (Lipinski definition) is 2. The average Bonchev–Trinajstić information content (AvgIpc) is 2.82. The van der Waals surface area contributed by atoms with Crippen molar-refractivity contribution >= 4 is 22.9 Å². The molecular formula is C16H20FN3O3. The lowest BCUT2D eigenvalue weighted by Crippen LogP contribution is -2.26. The van der Waals surface area contributed by atoms with Gasteiger partial charge in [-0.15, -0.1) is 0 Å². The predicted molar refractivity (Wildman–Crippen MR) is 83.5 cm³/mol. The molecule has 1 heterocycles. The van der Waals surface area contributed by atoms with Crippen LogP contribution in [0.5, 0.6) is 0 Å². The minimum absolute atomic E-state index is 0.0820. The number of unbranched alkanes of at least 4 members (excludes halogenated alkanes) is 1. The summed E-state index contributed by atoms with van der Waals surface area (Å²) >= 11 is 0. The highest BCUT2D eigenvalue weighted by atomic mass is 19.1. The molecule has 1 aromatic heterocycles. The number of carboxylic acid groups (broad SMARTS) is 1. The number of benzene rings is 1. The van der Waals surface area contributed by atoms with Gasteiger partial charge in [0.05, 0.1) is 5.52 Å². The smallest absolute Gasteiger partial charge is 0.303 e. The third-order valence-electron chi connectivity index (χ3n) is 3.67. The van der Waals surface area contributed by atoms with Crippen LogP contribution < -0.4 is 5.32 Å². The van der Waals surface area contributed by atoms with Crippen molar-refractivity contribution in [3.05, 3.63) is 29.8 Å². The first-order valence-corrected chi connectivity index (χ1v) is 7.57. The van der Waals surface area contributed by atoms with Gasteiger partial charge < -0.3 is 15.0 Å². The fraction of sp³-hybridized carbons (Fsp3) is 0.438. The molecule has 0 saturated heterocycles. The maximum atomic E-state index is 13.7. The molecule has 23 heavy (non-hydrogen) atoms. The van der Waals surface area contributed by atoms with Crippen molar-refractivity contribution in [1.29, 1.82) is 0 Å². The average molecular weight is 321 g/mol. The number of aryl methyl sites for hydroxylation is 1. The van der Waals surface area contributed by atoms with E-state index in [1.54, 1.807) is 12.1 Å². The summed E-state index contributed by atoms with van der Waals surface area (Å²) in [5.41, 5.74) is 1.06. The van der Waals surface area contributed by atoms with Gasteiger partial charge in [0.15, 0.2) is 5.82 Å². The molecule has 2 aromatic rings. The molecule has 124 valence electrons. The van der Waals surface area contributed by atoms with E-state index in [9.17, 15) is 14.0 Å². The zero-order valence-electron chi connectivity index (χ0n) is 13.0. The highest BCUT2D eigenvalue weighted by molar-refractivity contribution is 5.77. The van der Waals surface area contributed by atoms with E-state index in [0.29, 0.717) is 43.6 Å². The van der Waals surface area contributed by atoms with Crippen molar-refractivity contribution in [2.75, 3.05) is 6.54 Å². The molecule has 0 bridgehead atoms. The molecular weight excluding hydrogens is 301 g/mol. The van der Waals surface area contributed by atoms with E-state index < -0.39 is 5.97 Å². The third-order valence-corrected chi connectivity index (χ3v) is 3.67. The van der Waals surface area contributed by atoms with Crippen molar-refractivity contribution in [1.82, 2.24) is 14.9 Å². The number of amides is 1. The number of carbonyl (C=O) groups is 2. The molecule has 0 fully saturated rings. The molecule has 0 spiro atoms. The molecule has 0 atom stereocenters. The quantitative estimate of drug-likeness (QED) is 0.729. The Morgan fingerprint density at radius 3 is 2.74 bits per heavy atom. The number of nitrogens with zero attached hydrogens (tertiary/aromatic N) is 2. The number of carboxylic acids is 1. The van der Waals surface area contributed by atoms with Crippen LogP contribution in [0.4, 0.5) is 4.39 Å². The van der Waals surface area contributed by atoms with Crippen molar-refractivity contribution in [3.8, 4) is 0 Å². The summed E-state index contributed by atoms with van der Waals surface area (Å²) in [6.07, 6.45) is 1.94. The second-order valence-corrected chi connectivity index (χ2v) is 5.40. The summed E-state index contributed by atoms with van der Waals surface area (Å²) in [5.74, 6) is -0.608. The van der Waals surface area contributed by atoms with Crippen molar-refractivity contribution in [2.45, 2.75) is 32.1 Å². The van der Waals surface area contributed by atoms with Gasteiger partial charge >= 0.3 is 5.97 Å². The van der Waals surface area contributed by atoms with Gasteiger partial charge in [0.25, 0.3) is 0 Å². The van der Waals surface area contributed by atoms with Crippen LogP contribution in [0.15, 0.2) is 18.2 Å². The number of carbonyl (C=O) groups excluding carboxylic acids is 1. The summed E-state index contributed by atoms with van der Waals surface area (Å²) in [7, 11) is 1.82. The highest BCUT2D eigenvalue weighted by Crippen LogP contribution is 2.17. The second-order valence-electron chi connectivity index (χ2n) is 5.40. The number of aromatic nitrogens is 2. The van der Waals surface area contributed by atoms with Crippen LogP contribution in [0.1, 0.15) is 31.5 Å². The van der Waals surface area contributed by atoms with Crippen molar-refractivity contribution in [2.24, 2.45) is 7.05 Å². The Kier molecular flexibility index (Phi) is 5.67. The standard InChI is InChI=1S/C16H20FN3O3/c1-20-12-6-4-5-11(17)16(12)19-13(20)9-10-18-14(21)7-2-3-8-15(22)23/h4-6H,2-3,7-10H2,1H3,(H,18,21)(H,22,23). The SMILES string of the molecule is Cn1c(CCNC(=O)CCCCC(=O)O)nc2c(F)cccc21. The molecule has 7 heteroatoms. The van der Waals surface area contributed by atoms with Crippen LogP contribution >= 0.6 is 0 Å². The minimum Gasteiger partial charge on any atom is -0.481 e. The number of hydrogen-bond acceptors (Lipinski definition) is 3. The fourth-order valence-electron chi connectivity index (χ4n) is 2.42. The summed E-state index contributed by atoms with van der Waals surface area (Å²) in [6, 6.07) is 4.82. The molecule has 2 N–H and O–H groups in total. The van der Waals surface area contributed by atoms with E-state index >= 15 is 0 Å². The van der Waals surface area contributed by atoms with Crippen molar-refractivity contribution in [3.63, 3.8) is 0 Å². The number of aliphatic carboxylic acids is 1. The maximum Gasteiger partial charge on any atom is 0.303 e. The molecule has 0 unspecified atom stereocenters. The Morgan fingerprint density at radius 2 is 2.04 bits per heavy atom. The van der Waals surface area contributed by atoms with Gasteiger partial charge in [-0.1, -0.05) is 6.07 Å². The zero-order chi connectivity index (χ0) is 16.8. The van der Waals surface area contributed by atoms with Crippen LogP contribution in [0.2, 0.25) is 0 Å². The number of nitrogens with one attached hydrogen (secondary N) is 1. The monoisotopic (exact) mass is 321 g/mol. The number of rotatable bonds is 8. The first kappa shape index (κ1) is 16.9. The van der Waals surface area contributed by atoms with Gasteiger partial charge in [-0.05, 0) is 25.0 Å². The van der Waals surface area contributed by atoms with Gasteiger partial charge in [0, 0.05) is 32.9 Å². The normalized spacial score (nSPS) is 10.9. The van der Waals surface area contributed by atoms with Gasteiger partial charge in [-0.3, -0.25) is 9.59 Å². The summed E-state index contributed by atoms with van der Waals surface area (Å²) in [5, 5.41) is 11.3. The van der Waals surface area contributed by atoms with E-state index in [1.807, 2.05) is 11.6 Å². The van der Waals surface area contributed by atoms with E-state index in [1.165, 1.54) is 6.07 Å². The van der Waals surface area contributed by atoms with Crippen LogP contribution in [-0.4, -0.2) is 33.1 Å². The number of halogens is 1. The van der Waals surface area contributed by atoms with Gasteiger partial charge in [0.1, 0.15) is 11.3 Å². The van der Waals surface area contributed by atoms with E-state index in [2.05, 4.69) is 10.3 Å². The Morgan fingerprint density at radius 1 is 1.30 bits per heavy atom. The lowest BCUT2D eigenvalue weighted by molar-refractivity contribution is -0.137. The Hall–Kier alpha value is -2.44. The fourth-order valence-corrected chi connectivity index (χ4v) is 2.42. The van der Waals surface area contributed by atoms with E-state index in [0.717, 1.165) is 5.52 Å². The molecule has 0 aliphatic rings.